The highest BCUT2D eigenvalue weighted by molar-refractivity contribution is 5.92. The van der Waals surface area contributed by atoms with Crippen molar-refractivity contribution in [1.29, 1.82) is 0 Å². The molecule has 0 bridgehead atoms. The lowest BCUT2D eigenvalue weighted by molar-refractivity contribution is -0.132. The van der Waals surface area contributed by atoms with Crippen LogP contribution in [0.3, 0.4) is 0 Å². The molecule has 0 atom stereocenters. The van der Waals surface area contributed by atoms with Crippen molar-refractivity contribution in [3.05, 3.63) is 102 Å². The maximum absolute atomic E-state index is 14.1. The van der Waals surface area contributed by atoms with Gasteiger partial charge in [0.1, 0.15) is 24.0 Å². The number of ether oxygens (including phenoxy) is 1. The molecule has 0 aliphatic heterocycles. The van der Waals surface area contributed by atoms with Crippen molar-refractivity contribution in [2.75, 3.05) is 38.7 Å². The third-order valence-corrected chi connectivity index (χ3v) is 6.32. The molecule has 10 heteroatoms. The second-order valence-electron chi connectivity index (χ2n) is 9.02. The fourth-order valence-corrected chi connectivity index (χ4v) is 4.20. The van der Waals surface area contributed by atoms with Crippen molar-refractivity contribution in [3.63, 3.8) is 0 Å². The summed E-state index contributed by atoms with van der Waals surface area (Å²) in [5.74, 6) is -2.45. The molecule has 3 aromatic carbocycles. The maximum atomic E-state index is 14.1. The van der Waals surface area contributed by atoms with Gasteiger partial charge in [0, 0.05) is 49.9 Å². The first-order valence-corrected chi connectivity index (χ1v) is 12.4. The molecule has 0 fully saturated rings. The van der Waals surface area contributed by atoms with Gasteiger partial charge in [0.25, 0.3) is 0 Å². The minimum absolute atomic E-state index is 0.0592. The van der Waals surface area contributed by atoms with E-state index in [0.29, 0.717) is 19.0 Å². The van der Waals surface area contributed by atoms with Crippen molar-refractivity contribution in [2.24, 2.45) is 0 Å². The Hall–Kier alpha value is -4.31. The minimum Gasteiger partial charge on any atom is -0.383 e. The van der Waals surface area contributed by atoms with Crippen molar-refractivity contribution in [2.45, 2.75) is 13.0 Å². The number of halogens is 3. The number of benzene rings is 3. The average molecular weight is 539 g/mol. The Kier molecular flexibility index (Phi) is 9.22. The highest BCUT2D eigenvalue weighted by atomic mass is 19.1. The number of amides is 3. The Labute approximate surface area is 224 Å². The number of aromatic nitrogens is 1. The third-order valence-electron chi connectivity index (χ3n) is 6.32. The Morgan fingerprint density at radius 3 is 2.41 bits per heavy atom. The zero-order valence-corrected chi connectivity index (χ0v) is 21.4. The van der Waals surface area contributed by atoms with Crippen LogP contribution in [-0.2, 0) is 22.5 Å². The van der Waals surface area contributed by atoms with Gasteiger partial charge in [-0.25, -0.2) is 18.0 Å². The first-order chi connectivity index (χ1) is 18.8. The number of hydrogen-bond acceptors (Lipinski definition) is 3. The van der Waals surface area contributed by atoms with Gasteiger partial charge in [0.05, 0.1) is 12.3 Å². The Balaban J connectivity index is 1.51. The van der Waals surface area contributed by atoms with E-state index < -0.39 is 17.7 Å². The first kappa shape index (κ1) is 27.7. The van der Waals surface area contributed by atoms with Crippen LogP contribution in [0, 0.1) is 17.5 Å². The Bertz CT molecular complexity index is 1430. The molecule has 39 heavy (non-hydrogen) atoms. The lowest BCUT2D eigenvalue weighted by Gasteiger charge is -2.28. The first-order valence-electron chi connectivity index (χ1n) is 12.4. The van der Waals surface area contributed by atoms with E-state index >= 15 is 0 Å². The van der Waals surface area contributed by atoms with Gasteiger partial charge in [-0.2, -0.15) is 0 Å². The molecule has 2 N–H and O–H groups in total. The average Bonchev–Trinajstić information content (AvgIpc) is 3.34. The quantitative estimate of drug-likeness (QED) is 0.271. The molecule has 7 nitrogen and oxygen atoms in total. The van der Waals surface area contributed by atoms with E-state index in [2.05, 4.69) is 10.3 Å². The summed E-state index contributed by atoms with van der Waals surface area (Å²) < 4.78 is 46.0. The van der Waals surface area contributed by atoms with E-state index in [1.807, 2.05) is 30.5 Å². The smallest absolute Gasteiger partial charge is 0.322 e. The SMILES string of the molecule is COCCN(CC(=O)N(CCc1c[nH]c2ccccc12)Cc1ccc(F)cc1)C(=O)Nc1ccc(F)cc1F. The summed E-state index contributed by atoms with van der Waals surface area (Å²) in [4.78, 5) is 32.5. The summed E-state index contributed by atoms with van der Waals surface area (Å²) in [6.07, 6.45) is 2.45. The van der Waals surface area contributed by atoms with Gasteiger partial charge >= 0.3 is 6.03 Å². The zero-order valence-electron chi connectivity index (χ0n) is 21.4. The number of hydrogen-bond donors (Lipinski definition) is 2. The monoisotopic (exact) mass is 538 g/mol. The fourth-order valence-electron chi connectivity index (χ4n) is 4.20. The van der Waals surface area contributed by atoms with E-state index in [0.717, 1.165) is 34.2 Å². The molecule has 204 valence electrons. The van der Waals surface area contributed by atoms with Crippen LogP contribution in [0.25, 0.3) is 10.9 Å². The minimum atomic E-state index is -0.932. The number of nitrogens with one attached hydrogen (secondary N) is 2. The van der Waals surface area contributed by atoms with Gasteiger partial charge in [0.15, 0.2) is 0 Å². The van der Waals surface area contributed by atoms with E-state index in [4.69, 9.17) is 4.74 Å². The summed E-state index contributed by atoms with van der Waals surface area (Å²) in [5, 5.41) is 3.44. The van der Waals surface area contributed by atoms with Crippen molar-refractivity contribution in [1.82, 2.24) is 14.8 Å². The van der Waals surface area contributed by atoms with Gasteiger partial charge in [-0.15, -0.1) is 0 Å². The van der Waals surface area contributed by atoms with Crippen molar-refractivity contribution < 1.29 is 27.5 Å². The highest BCUT2D eigenvalue weighted by Gasteiger charge is 2.23. The van der Waals surface area contributed by atoms with E-state index in [1.54, 1.807) is 17.0 Å². The van der Waals surface area contributed by atoms with Crippen LogP contribution in [0.4, 0.5) is 23.7 Å². The van der Waals surface area contributed by atoms with E-state index in [1.165, 1.54) is 24.1 Å². The predicted molar refractivity (Wildman–Crippen MR) is 143 cm³/mol. The Morgan fingerprint density at radius 1 is 0.923 bits per heavy atom. The summed E-state index contributed by atoms with van der Waals surface area (Å²) in [7, 11) is 1.46. The van der Waals surface area contributed by atoms with Crippen molar-refractivity contribution in [3.8, 4) is 0 Å². The molecule has 1 heterocycles. The molecular formula is C29H29F3N4O3. The molecule has 4 aromatic rings. The van der Waals surface area contributed by atoms with Crippen LogP contribution in [0.15, 0.2) is 72.9 Å². The highest BCUT2D eigenvalue weighted by Crippen LogP contribution is 2.19. The predicted octanol–water partition coefficient (Wildman–Crippen LogP) is 5.34. The summed E-state index contributed by atoms with van der Waals surface area (Å²) >= 11 is 0. The molecule has 1 aromatic heterocycles. The number of carbonyl (C=O) groups excluding carboxylic acids is 2. The van der Waals surface area contributed by atoms with E-state index in [9.17, 15) is 22.8 Å². The zero-order chi connectivity index (χ0) is 27.8. The molecule has 0 radical (unpaired) electrons. The van der Waals surface area contributed by atoms with Crippen LogP contribution in [0.2, 0.25) is 0 Å². The number of para-hydroxylation sites is 1. The standard InChI is InChI=1S/C29H29F3N4O3/c1-39-15-14-36(29(38)34-27-11-10-23(31)16-25(27)32)19-28(37)35(18-20-6-8-22(30)9-7-20)13-12-21-17-33-26-5-3-2-4-24(21)26/h2-11,16-17,33H,12-15,18-19H2,1H3,(H,34,38). The molecule has 0 saturated heterocycles. The molecule has 4 rings (SSSR count). The molecule has 3 amide bonds. The van der Waals surface area contributed by atoms with Crippen LogP contribution in [0.5, 0.6) is 0 Å². The lowest BCUT2D eigenvalue weighted by atomic mass is 10.1. The number of aromatic amines is 1. The molecular weight excluding hydrogens is 509 g/mol. The summed E-state index contributed by atoms with van der Waals surface area (Å²) in [5.41, 5.74) is 2.53. The lowest BCUT2D eigenvalue weighted by Crippen LogP contribution is -2.46. The van der Waals surface area contributed by atoms with Gasteiger partial charge in [-0.05, 0) is 47.9 Å². The summed E-state index contributed by atoms with van der Waals surface area (Å²) in [6, 6.07) is 15.8. The Morgan fingerprint density at radius 2 is 1.67 bits per heavy atom. The fraction of sp³-hybridized carbons (Fsp3) is 0.241. The molecule has 0 aliphatic rings. The second kappa shape index (κ2) is 13.0. The van der Waals surface area contributed by atoms with Gasteiger partial charge in [-0.3, -0.25) is 4.79 Å². The number of rotatable bonds is 11. The number of fused-ring (bicyclic) bond motifs is 1. The molecule has 0 spiro atoms. The molecule has 0 aliphatic carbocycles. The normalized spacial score (nSPS) is 11.0. The van der Waals surface area contributed by atoms with Crippen LogP contribution in [-0.4, -0.2) is 60.1 Å². The van der Waals surface area contributed by atoms with Crippen molar-refractivity contribution >= 4 is 28.5 Å². The number of H-pyrrole nitrogens is 1. The molecule has 0 saturated carbocycles. The number of methoxy groups -OCH3 is 1. The maximum Gasteiger partial charge on any atom is 0.322 e. The number of nitrogens with zero attached hydrogens (tertiary/aromatic N) is 2. The van der Waals surface area contributed by atoms with Crippen LogP contribution >= 0.6 is 0 Å². The van der Waals surface area contributed by atoms with E-state index in [-0.39, 0.29) is 43.7 Å². The van der Waals surface area contributed by atoms with Gasteiger partial charge < -0.3 is 24.8 Å². The number of carbonyl (C=O) groups is 2. The van der Waals surface area contributed by atoms with Crippen LogP contribution in [0.1, 0.15) is 11.1 Å². The largest absolute Gasteiger partial charge is 0.383 e. The van der Waals surface area contributed by atoms with Gasteiger partial charge in [-0.1, -0.05) is 30.3 Å². The number of urea groups is 1. The second-order valence-corrected chi connectivity index (χ2v) is 9.02. The van der Waals surface area contributed by atoms with Crippen LogP contribution < -0.4 is 5.32 Å². The number of anilines is 1. The summed E-state index contributed by atoms with van der Waals surface area (Å²) in [6.45, 7) is 0.425. The third kappa shape index (κ3) is 7.38. The topological polar surface area (TPSA) is 77.7 Å². The molecule has 0 unspecified atom stereocenters. The van der Waals surface area contributed by atoms with Gasteiger partial charge in [0.2, 0.25) is 5.91 Å².